The summed E-state index contributed by atoms with van der Waals surface area (Å²) in [4.78, 5) is 0. The second-order valence-electron chi connectivity index (χ2n) is 3.60. The van der Waals surface area contributed by atoms with Crippen LogP contribution in [0.15, 0.2) is 0 Å². The Bertz CT molecular complexity index is 238. The summed E-state index contributed by atoms with van der Waals surface area (Å²) < 4.78 is 93.2. The average molecular weight is 328 g/mol. The molecule has 0 bridgehead atoms. The molecule has 0 aromatic carbocycles. The van der Waals surface area contributed by atoms with E-state index in [1.807, 2.05) is 0 Å². The van der Waals surface area contributed by atoms with Gasteiger partial charge in [-0.15, -0.1) is 0 Å². The van der Waals surface area contributed by atoms with Crippen LogP contribution in [0.25, 0.3) is 0 Å². The first-order chi connectivity index (χ1) is 9.64. The van der Waals surface area contributed by atoms with E-state index in [9.17, 15) is 26.3 Å². The number of ether oxygens (including phenoxy) is 2. The monoisotopic (exact) mass is 328 g/mol. The van der Waals surface area contributed by atoms with Crippen LogP contribution in [0.1, 0.15) is 0 Å². The van der Waals surface area contributed by atoms with Crippen LogP contribution in [0.4, 0.5) is 26.3 Å². The minimum atomic E-state index is -4.42. The van der Waals surface area contributed by atoms with Crippen molar-refractivity contribution in [3.63, 3.8) is 0 Å². The lowest BCUT2D eigenvalue weighted by Gasteiger charge is -2.13. The molecule has 0 aliphatic carbocycles. The maximum Gasteiger partial charge on any atom is 0.639 e. The highest BCUT2D eigenvalue weighted by atomic mass is 19.4. The van der Waals surface area contributed by atoms with E-state index in [1.54, 1.807) is 0 Å². The Morgan fingerprint density at radius 3 is 1.38 bits per heavy atom. The topological polar surface area (TPSA) is 46.2 Å². The lowest BCUT2D eigenvalue weighted by Crippen LogP contribution is -2.30. The molecule has 0 unspecified atom stereocenters. The Balaban J connectivity index is 3.54. The zero-order valence-electron chi connectivity index (χ0n) is 11.1. The fourth-order valence-electron chi connectivity index (χ4n) is 0.967. The van der Waals surface area contributed by atoms with Crippen molar-refractivity contribution in [1.29, 1.82) is 0 Å². The van der Waals surface area contributed by atoms with Gasteiger partial charge in [0.25, 0.3) is 0 Å². The molecule has 0 saturated carbocycles. The molecule has 0 aromatic heterocycles. The van der Waals surface area contributed by atoms with Crippen LogP contribution >= 0.6 is 0 Å². The lowest BCUT2D eigenvalue weighted by atomic mass is 10.2. The van der Waals surface area contributed by atoms with Gasteiger partial charge in [0.15, 0.2) is 0 Å². The van der Waals surface area contributed by atoms with Gasteiger partial charge in [0.05, 0.1) is 26.4 Å². The van der Waals surface area contributed by atoms with Crippen molar-refractivity contribution in [2.45, 2.75) is 12.4 Å². The Labute approximate surface area is 117 Å². The molecule has 0 aromatic rings. The molecule has 0 heterocycles. The first-order valence-electron chi connectivity index (χ1n) is 5.69. The van der Waals surface area contributed by atoms with Crippen LogP contribution in [-0.4, -0.2) is 66.4 Å². The minimum Gasteiger partial charge on any atom is -0.389 e. The van der Waals surface area contributed by atoms with Crippen molar-refractivity contribution < 1.29 is 49.8 Å². The SMILES string of the molecule is COB(OCCOCC(F)(F)F)OCCOCC(F)(F)F. The molecule has 0 atom stereocenters. The van der Waals surface area contributed by atoms with Gasteiger partial charge in [0.1, 0.15) is 13.2 Å². The number of alkyl halides is 6. The molecular weight excluding hydrogens is 313 g/mol. The van der Waals surface area contributed by atoms with E-state index in [-0.39, 0.29) is 26.4 Å². The van der Waals surface area contributed by atoms with Crippen LogP contribution in [-0.2, 0) is 23.4 Å². The van der Waals surface area contributed by atoms with Gasteiger partial charge in [-0.3, -0.25) is 0 Å². The van der Waals surface area contributed by atoms with E-state index < -0.39 is 32.9 Å². The van der Waals surface area contributed by atoms with Crippen molar-refractivity contribution in [2.75, 3.05) is 46.8 Å². The third-order valence-electron chi connectivity index (χ3n) is 1.69. The molecule has 0 amide bonds. The van der Waals surface area contributed by atoms with Gasteiger partial charge < -0.3 is 23.4 Å². The maximum absolute atomic E-state index is 11.7. The van der Waals surface area contributed by atoms with E-state index in [4.69, 9.17) is 9.31 Å². The van der Waals surface area contributed by atoms with E-state index in [0.29, 0.717) is 0 Å². The maximum atomic E-state index is 11.7. The number of rotatable bonds is 11. The van der Waals surface area contributed by atoms with Crippen molar-refractivity contribution in [3.05, 3.63) is 0 Å². The Morgan fingerprint density at radius 1 is 0.714 bits per heavy atom. The molecule has 0 radical (unpaired) electrons. The largest absolute Gasteiger partial charge is 0.639 e. The summed E-state index contributed by atoms with van der Waals surface area (Å²) in [6.07, 6.45) is -8.85. The van der Waals surface area contributed by atoms with Gasteiger partial charge in [-0.25, -0.2) is 0 Å². The van der Waals surface area contributed by atoms with Crippen molar-refractivity contribution >= 4 is 7.32 Å². The van der Waals surface area contributed by atoms with Crippen molar-refractivity contribution in [2.24, 2.45) is 0 Å². The average Bonchev–Trinajstić information content (AvgIpc) is 2.32. The Kier molecular flexibility index (Phi) is 9.95. The molecule has 0 N–H and O–H groups in total. The molecule has 0 spiro atoms. The summed E-state index contributed by atoms with van der Waals surface area (Å²) in [6, 6.07) is 0. The van der Waals surface area contributed by atoms with Gasteiger partial charge in [-0.05, 0) is 0 Å². The summed E-state index contributed by atoms with van der Waals surface area (Å²) in [6.45, 7) is -3.96. The van der Waals surface area contributed by atoms with Crippen LogP contribution in [0.2, 0.25) is 0 Å². The normalized spacial score (nSPS) is 12.7. The summed E-state index contributed by atoms with van der Waals surface area (Å²) in [5, 5.41) is 0. The van der Waals surface area contributed by atoms with Crippen molar-refractivity contribution in [3.8, 4) is 0 Å². The second-order valence-corrected chi connectivity index (χ2v) is 3.60. The molecule has 126 valence electrons. The van der Waals surface area contributed by atoms with Crippen LogP contribution in [0.3, 0.4) is 0 Å². The summed E-state index contributed by atoms with van der Waals surface area (Å²) in [5.41, 5.74) is 0. The van der Waals surface area contributed by atoms with E-state index in [0.717, 1.165) is 0 Å². The molecule has 0 rings (SSSR count). The molecule has 0 aliphatic rings. The summed E-state index contributed by atoms with van der Waals surface area (Å²) in [5.74, 6) is 0. The van der Waals surface area contributed by atoms with Crippen LogP contribution in [0.5, 0.6) is 0 Å². The number of hydrogen-bond acceptors (Lipinski definition) is 5. The molecule has 5 nitrogen and oxygen atoms in total. The van der Waals surface area contributed by atoms with Gasteiger partial charge in [0.2, 0.25) is 0 Å². The number of halogens is 6. The fraction of sp³-hybridized carbons (Fsp3) is 1.00. The minimum absolute atomic E-state index is 0.238. The van der Waals surface area contributed by atoms with Gasteiger partial charge in [-0.1, -0.05) is 0 Å². The summed E-state index contributed by atoms with van der Waals surface area (Å²) >= 11 is 0. The van der Waals surface area contributed by atoms with E-state index in [1.165, 1.54) is 7.11 Å². The van der Waals surface area contributed by atoms with Gasteiger partial charge >= 0.3 is 19.7 Å². The lowest BCUT2D eigenvalue weighted by molar-refractivity contribution is -0.175. The smallest absolute Gasteiger partial charge is 0.389 e. The zero-order valence-corrected chi connectivity index (χ0v) is 11.1. The van der Waals surface area contributed by atoms with E-state index in [2.05, 4.69) is 14.1 Å². The zero-order chi connectivity index (χ0) is 16.4. The first kappa shape index (κ1) is 20.4. The summed E-state index contributed by atoms with van der Waals surface area (Å²) in [7, 11) is -0.0355. The van der Waals surface area contributed by atoms with Crippen LogP contribution < -0.4 is 0 Å². The predicted octanol–water partition coefficient (Wildman–Crippen LogP) is 1.81. The molecule has 0 saturated heterocycles. The third-order valence-corrected chi connectivity index (χ3v) is 1.69. The number of hydrogen-bond donors (Lipinski definition) is 0. The fourth-order valence-corrected chi connectivity index (χ4v) is 0.967. The Morgan fingerprint density at radius 2 is 1.10 bits per heavy atom. The first-order valence-corrected chi connectivity index (χ1v) is 5.69. The second kappa shape index (κ2) is 10.2. The molecule has 0 aliphatic heterocycles. The van der Waals surface area contributed by atoms with Gasteiger partial charge in [0, 0.05) is 7.11 Å². The molecule has 21 heavy (non-hydrogen) atoms. The highest BCUT2D eigenvalue weighted by Crippen LogP contribution is 2.14. The quantitative estimate of drug-likeness (QED) is 0.329. The van der Waals surface area contributed by atoms with E-state index >= 15 is 0 Å². The molecule has 12 heteroatoms. The third kappa shape index (κ3) is 15.7. The highest BCUT2D eigenvalue weighted by Gasteiger charge is 2.28. The predicted molar refractivity (Wildman–Crippen MR) is 58.4 cm³/mol. The van der Waals surface area contributed by atoms with Gasteiger partial charge in [-0.2, -0.15) is 26.3 Å². The molecular formula is C9H15BF6O5. The highest BCUT2D eigenvalue weighted by molar-refractivity contribution is 6.36. The van der Waals surface area contributed by atoms with Crippen molar-refractivity contribution in [1.82, 2.24) is 0 Å². The standard InChI is InChI=1S/C9H15BF6O5/c1-17-10(20-4-2-18-6-8(11,12)13)21-5-3-19-7-9(14,15)16/h2-7H2,1H3. The molecule has 0 fully saturated rings. The van der Waals surface area contributed by atoms with Crippen LogP contribution in [0, 0.1) is 0 Å². The Hall–Kier alpha value is -0.555.